The number of pyridine rings is 1. The summed E-state index contributed by atoms with van der Waals surface area (Å²) in [5.41, 5.74) is 1.19. The Kier molecular flexibility index (Phi) is 4.36. The first kappa shape index (κ1) is 14.0. The van der Waals surface area contributed by atoms with Gasteiger partial charge in [-0.05, 0) is 38.0 Å². The molecule has 2 atom stereocenters. The Morgan fingerprint density at radius 1 is 1.55 bits per heavy atom. The van der Waals surface area contributed by atoms with E-state index in [-0.39, 0.29) is 5.60 Å². The predicted molar refractivity (Wildman–Crippen MR) is 82.7 cm³/mol. The number of hydrogen-bond donors (Lipinski definition) is 1. The minimum atomic E-state index is 0.124. The number of aromatic nitrogens is 1. The van der Waals surface area contributed by atoms with Gasteiger partial charge in [-0.25, -0.2) is 4.98 Å². The average molecular weight is 294 g/mol. The fourth-order valence-electron chi connectivity index (χ4n) is 2.95. The molecule has 1 spiro atoms. The molecule has 0 radical (unpaired) electrons. The summed E-state index contributed by atoms with van der Waals surface area (Å²) in [4.78, 5) is 4.30. The highest BCUT2D eigenvalue weighted by molar-refractivity contribution is 7.99. The Balaban J connectivity index is 1.59. The van der Waals surface area contributed by atoms with E-state index in [0.29, 0.717) is 18.5 Å². The van der Waals surface area contributed by atoms with Crippen LogP contribution in [-0.4, -0.2) is 41.3 Å². The number of rotatable bonds is 4. The lowest BCUT2D eigenvalue weighted by Crippen LogP contribution is -2.44. The summed E-state index contributed by atoms with van der Waals surface area (Å²) in [7, 11) is 0. The number of thioether (sulfide) groups is 1. The first-order valence-electron chi connectivity index (χ1n) is 7.37. The summed E-state index contributed by atoms with van der Waals surface area (Å²) in [6.45, 7) is 3.48. The topological polar surface area (TPSA) is 43.4 Å². The molecule has 2 unspecified atom stereocenters. The average Bonchev–Trinajstić information content (AvgIpc) is 2.89. The SMILES string of the molecule is CCOc1ccc(NC2CCOC3(CCSC3)C2)cn1. The van der Waals surface area contributed by atoms with Gasteiger partial charge in [0.05, 0.1) is 24.1 Å². The molecule has 1 aromatic rings. The molecule has 110 valence electrons. The van der Waals surface area contributed by atoms with Gasteiger partial charge in [-0.2, -0.15) is 11.8 Å². The van der Waals surface area contributed by atoms with E-state index in [9.17, 15) is 0 Å². The van der Waals surface area contributed by atoms with Gasteiger partial charge in [0, 0.05) is 24.5 Å². The fraction of sp³-hybridized carbons (Fsp3) is 0.667. The molecule has 0 amide bonds. The maximum atomic E-state index is 6.05. The molecular formula is C15H22N2O2S. The van der Waals surface area contributed by atoms with E-state index in [1.807, 2.05) is 37.0 Å². The normalized spacial score (nSPS) is 29.6. The molecule has 4 nitrogen and oxygen atoms in total. The Labute approximate surface area is 124 Å². The van der Waals surface area contributed by atoms with Gasteiger partial charge in [0.15, 0.2) is 0 Å². The van der Waals surface area contributed by atoms with E-state index in [0.717, 1.165) is 30.9 Å². The van der Waals surface area contributed by atoms with Crippen LogP contribution < -0.4 is 10.1 Å². The number of nitrogens with zero attached hydrogens (tertiary/aromatic N) is 1. The highest BCUT2D eigenvalue weighted by Gasteiger charge is 2.40. The first-order valence-corrected chi connectivity index (χ1v) is 8.52. The number of hydrogen-bond acceptors (Lipinski definition) is 5. The molecule has 3 rings (SSSR count). The summed E-state index contributed by atoms with van der Waals surface area (Å²) < 4.78 is 11.4. The van der Waals surface area contributed by atoms with Gasteiger partial charge in [-0.15, -0.1) is 0 Å². The molecule has 3 heterocycles. The Morgan fingerprint density at radius 2 is 2.50 bits per heavy atom. The lowest BCUT2D eigenvalue weighted by molar-refractivity contribution is -0.0628. The minimum Gasteiger partial charge on any atom is -0.478 e. The fourth-order valence-corrected chi connectivity index (χ4v) is 4.33. The van der Waals surface area contributed by atoms with Gasteiger partial charge in [0.25, 0.3) is 0 Å². The molecule has 0 saturated carbocycles. The van der Waals surface area contributed by atoms with E-state index >= 15 is 0 Å². The minimum absolute atomic E-state index is 0.124. The van der Waals surface area contributed by atoms with Crippen molar-refractivity contribution in [1.29, 1.82) is 0 Å². The van der Waals surface area contributed by atoms with Gasteiger partial charge in [-0.1, -0.05) is 0 Å². The van der Waals surface area contributed by atoms with Crippen LogP contribution in [0.5, 0.6) is 5.88 Å². The van der Waals surface area contributed by atoms with E-state index in [1.54, 1.807) is 0 Å². The molecule has 5 heteroatoms. The maximum Gasteiger partial charge on any atom is 0.213 e. The van der Waals surface area contributed by atoms with E-state index in [2.05, 4.69) is 10.3 Å². The Hall–Kier alpha value is -0.940. The number of ether oxygens (including phenoxy) is 2. The van der Waals surface area contributed by atoms with Crippen LogP contribution in [0.25, 0.3) is 0 Å². The molecule has 1 N–H and O–H groups in total. The highest BCUT2D eigenvalue weighted by atomic mass is 32.2. The second-order valence-corrected chi connectivity index (χ2v) is 6.59. The van der Waals surface area contributed by atoms with Crippen LogP contribution in [0.15, 0.2) is 18.3 Å². The highest BCUT2D eigenvalue weighted by Crippen LogP contribution is 2.38. The number of anilines is 1. The van der Waals surface area contributed by atoms with Gasteiger partial charge < -0.3 is 14.8 Å². The molecule has 0 aromatic carbocycles. The van der Waals surface area contributed by atoms with Crippen molar-refractivity contribution in [2.75, 3.05) is 30.0 Å². The Morgan fingerprint density at radius 3 is 3.20 bits per heavy atom. The molecular weight excluding hydrogens is 272 g/mol. The molecule has 2 aliphatic rings. The second-order valence-electron chi connectivity index (χ2n) is 5.49. The summed E-state index contributed by atoms with van der Waals surface area (Å²) >= 11 is 2.01. The third kappa shape index (κ3) is 3.20. The zero-order valence-corrected chi connectivity index (χ0v) is 12.7. The van der Waals surface area contributed by atoms with Crippen molar-refractivity contribution in [1.82, 2.24) is 4.98 Å². The second kappa shape index (κ2) is 6.22. The molecule has 2 saturated heterocycles. The molecule has 2 aliphatic heterocycles. The third-order valence-corrected chi connectivity index (χ3v) is 5.18. The summed E-state index contributed by atoms with van der Waals surface area (Å²) in [5, 5.41) is 3.59. The molecule has 1 aromatic heterocycles. The van der Waals surface area contributed by atoms with Gasteiger partial charge in [0.2, 0.25) is 5.88 Å². The van der Waals surface area contributed by atoms with Crippen molar-refractivity contribution < 1.29 is 9.47 Å². The third-order valence-electron chi connectivity index (χ3n) is 3.96. The lowest BCUT2D eigenvalue weighted by Gasteiger charge is -2.38. The van der Waals surface area contributed by atoms with Crippen LogP contribution in [-0.2, 0) is 4.74 Å². The van der Waals surface area contributed by atoms with Crippen molar-refractivity contribution in [2.24, 2.45) is 0 Å². The van der Waals surface area contributed by atoms with Crippen molar-refractivity contribution in [3.8, 4) is 5.88 Å². The summed E-state index contributed by atoms with van der Waals surface area (Å²) in [6.07, 6.45) is 5.22. The lowest BCUT2D eigenvalue weighted by atomic mass is 9.90. The van der Waals surface area contributed by atoms with Crippen LogP contribution in [0.3, 0.4) is 0 Å². The zero-order chi connectivity index (χ0) is 13.8. The summed E-state index contributed by atoms with van der Waals surface area (Å²) in [6, 6.07) is 4.46. The van der Waals surface area contributed by atoms with Gasteiger partial charge in [0.1, 0.15) is 0 Å². The largest absolute Gasteiger partial charge is 0.478 e. The van der Waals surface area contributed by atoms with E-state index < -0.39 is 0 Å². The van der Waals surface area contributed by atoms with Gasteiger partial charge in [-0.3, -0.25) is 0 Å². The zero-order valence-electron chi connectivity index (χ0n) is 11.9. The first-order chi connectivity index (χ1) is 9.80. The smallest absolute Gasteiger partial charge is 0.213 e. The monoisotopic (exact) mass is 294 g/mol. The van der Waals surface area contributed by atoms with Crippen LogP contribution in [0, 0.1) is 0 Å². The van der Waals surface area contributed by atoms with Crippen molar-refractivity contribution in [2.45, 2.75) is 37.8 Å². The van der Waals surface area contributed by atoms with Crippen molar-refractivity contribution in [3.63, 3.8) is 0 Å². The van der Waals surface area contributed by atoms with Crippen LogP contribution >= 0.6 is 11.8 Å². The maximum absolute atomic E-state index is 6.05. The standard InChI is InChI=1S/C15H22N2O2S/c1-2-18-14-4-3-13(10-16-14)17-12-5-7-19-15(9-12)6-8-20-11-15/h3-4,10,12,17H,2,5-9,11H2,1H3. The molecule has 0 aliphatic carbocycles. The van der Waals surface area contributed by atoms with Gasteiger partial charge >= 0.3 is 0 Å². The quantitative estimate of drug-likeness (QED) is 0.925. The van der Waals surface area contributed by atoms with Crippen LogP contribution in [0.2, 0.25) is 0 Å². The van der Waals surface area contributed by atoms with Crippen LogP contribution in [0.1, 0.15) is 26.2 Å². The summed E-state index contributed by atoms with van der Waals surface area (Å²) in [5.74, 6) is 3.07. The molecule has 2 fully saturated rings. The molecule has 0 bridgehead atoms. The molecule has 20 heavy (non-hydrogen) atoms. The van der Waals surface area contributed by atoms with Crippen molar-refractivity contribution >= 4 is 17.4 Å². The van der Waals surface area contributed by atoms with Crippen LogP contribution in [0.4, 0.5) is 5.69 Å². The predicted octanol–water partition coefficient (Wildman–Crippen LogP) is 2.95. The number of nitrogens with one attached hydrogen (secondary N) is 1. The van der Waals surface area contributed by atoms with Crippen molar-refractivity contribution in [3.05, 3.63) is 18.3 Å². The van der Waals surface area contributed by atoms with E-state index in [4.69, 9.17) is 9.47 Å². The Bertz CT molecular complexity index is 432. The van der Waals surface area contributed by atoms with E-state index in [1.165, 1.54) is 12.2 Å².